The number of ether oxygens (including phenoxy) is 1. The van der Waals surface area contributed by atoms with Crippen LogP contribution < -0.4 is 10.5 Å². The first-order valence-electron chi connectivity index (χ1n) is 6.62. The van der Waals surface area contributed by atoms with Crippen molar-refractivity contribution in [2.75, 3.05) is 0 Å². The van der Waals surface area contributed by atoms with E-state index in [9.17, 15) is 13.6 Å². The minimum Gasteiger partial charge on any atom is -0.454 e. The lowest BCUT2D eigenvalue weighted by molar-refractivity contribution is 0.248. The predicted molar refractivity (Wildman–Crippen MR) is 79.1 cm³/mol. The summed E-state index contributed by atoms with van der Waals surface area (Å²) in [5, 5.41) is 3.94. The smallest absolute Gasteiger partial charge is 0.339 e. The van der Waals surface area contributed by atoms with E-state index in [4.69, 9.17) is 10.5 Å². The third-order valence-corrected chi connectivity index (χ3v) is 3.08. The van der Waals surface area contributed by atoms with E-state index in [1.807, 2.05) is 0 Å². The van der Waals surface area contributed by atoms with Crippen LogP contribution in [0.1, 0.15) is 0 Å². The van der Waals surface area contributed by atoms with Gasteiger partial charge in [0.05, 0.1) is 5.69 Å². The Morgan fingerprint density at radius 1 is 1.09 bits per heavy atom. The van der Waals surface area contributed by atoms with Gasteiger partial charge in [0.25, 0.3) is 0 Å². The highest BCUT2D eigenvalue weighted by molar-refractivity contribution is 5.74. The lowest BCUT2D eigenvalue weighted by Gasteiger charge is -2.07. The van der Waals surface area contributed by atoms with Gasteiger partial charge in [0.1, 0.15) is 11.6 Å². The van der Waals surface area contributed by atoms with Gasteiger partial charge in [-0.05, 0) is 48.5 Å². The molecule has 0 unspecified atom stereocenters. The van der Waals surface area contributed by atoms with Gasteiger partial charge in [0.2, 0.25) is 0 Å². The summed E-state index contributed by atoms with van der Waals surface area (Å²) >= 11 is 0. The average Bonchev–Trinajstić information content (AvgIpc) is 3.01. The fourth-order valence-corrected chi connectivity index (χ4v) is 1.97. The molecule has 0 saturated heterocycles. The number of carbonyl (C=O) groups is 1. The van der Waals surface area contributed by atoms with Crippen LogP contribution in [0.2, 0.25) is 0 Å². The molecule has 0 saturated carbocycles. The molecule has 116 valence electrons. The lowest BCUT2D eigenvalue weighted by Crippen LogP contribution is -2.19. The molecule has 3 rings (SSSR count). The van der Waals surface area contributed by atoms with Crippen LogP contribution in [0, 0.1) is 11.6 Å². The Balaban J connectivity index is 1.85. The first-order chi connectivity index (χ1) is 11.0. The van der Waals surface area contributed by atoms with Gasteiger partial charge in [0.15, 0.2) is 11.6 Å². The van der Waals surface area contributed by atoms with E-state index in [1.54, 1.807) is 12.1 Å². The normalized spacial score (nSPS) is 10.5. The monoisotopic (exact) mass is 315 g/mol. The summed E-state index contributed by atoms with van der Waals surface area (Å²) < 4.78 is 33.3. The minimum atomic E-state index is -0.729. The maximum Gasteiger partial charge on any atom is 0.339 e. The number of carbonyl (C=O) groups excluding carboxylic acids is 1. The van der Waals surface area contributed by atoms with Crippen LogP contribution in [-0.2, 0) is 0 Å². The zero-order valence-corrected chi connectivity index (χ0v) is 11.7. The van der Waals surface area contributed by atoms with Crippen LogP contribution >= 0.6 is 0 Å². The summed E-state index contributed by atoms with van der Waals surface area (Å²) in [5.41, 5.74) is 5.96. The molecule has 23 heavy (non-hydrogen) atoms. The molecule has 0 atom stereocenters. The van der Waals surface area contributed by atoms with Crippen LogP contribution in [0.4, 0.5) is 13.6 Å². The van der Waals surface area contributed by atoms with E-state index >= 15 is 0 Å². The van der Waals surface area contributed by atoms with E-state index < -0.39 is 17.7 Å². The number of primary amides is 1. The molecule has 1 aromatic heterocycles. The van der Waals surface area contributed by atoms with Crippen molar-refractivity contribution in [3.8, 4) is 22.8 Å². The van der Waals surface area contributed by atoms with Crippen molar-refractivity contribution >= 4 is 6.03 Å². The highest BCUT2D eigenvalue weighted by atomic mass is 19.1. The fourth-order valence-electron chi connectivity index (χ4n) is 1.97. The van der Waals surface area contributed by atoms with Crippen molar-refractivity contribution in [2.45, 2.75) is 0 Å². The Kier molecular flexibility index (Phi) is 3.76. The fraction of sp³-hybridized carbons (Fsp3) is 0. The molecule has 0 bridgehead atoms. The Bertz CT molecular complexity index is 860. The van der Waals surface area contributed by atoms with Crippen molar-refractivity contribution in [3.05, 3.63) is 66.4 Å². The first-order valence-corrected chi connectivity index (χ1v) is 6.62. The molecule has 5 nitrogen and oxygen atoms in total. The van der Waals surface area contributed by atoms with E-state index in [1.165, 1.54) is 42.6 Å². The number of halogens is 2. The van der Waals surface area contributed by atoms with E-state index in [0.717, 1.165) is 4.68 Å². The number of rotatable bonds is 3. The zero-order valence-electron chi connectivity index (χ0n) is 11.7. The van der Waals surface area contributed by atoms with Gasteiger partial charge < -0.3 is 10.5 Å². The zero-order chi connectivity index (χ0) is 16.4. The molecular weight excluding hydrogens is 304 g/mol. The van der Waals surface area contributed by atoms with Crippen molar-refractivity contribution in [1.82, 2.24) is 9.78 Å². The van der Waals surface area contributed by atoms with Crippen molar-refractivity contribution < 1.29 is 18.3 Å². The van der Waals surface area contributed by atoms with Crippen LogP contribution in [-0.4, -0.2) is 15.8 Å². The third-order valence-electron chi connectivity index (χ3n) is 3.08. The van der Waals surface area contributed by atoms with Crippen molar-refractivity contribution in [3.63, 3.8) is 0 Å². The molecule has 0 aliphatic heterocycles. The largest absolute Gasteiger partial charge is 0.454 e. The maximum absolute atomic E-state index is 14.1. The van der Waals surface area contributed by atoms with Gasteiger partial charge in [0, 0.05) is 11.8 Å². The second-order valence-electron chi connectivity index (χ2n) is 4.68. The molecule has 1 amide bonds. The van der Waals surface area contributed by atoms with Crippen LogP contribution in [0.15, 0.2) is 54.7 Å². The van der Waals surface area contributed by atoms with Gasteiger partial charge in [-0.25, -0.2) is 13.6 Å². The molecule has 0 radical (unpaired) electrons. The Morgan fingerprint density at radius 2 is 1.83 bits per heavy atom. The van der Waals surface area contributed by atoms with Crippen LogP contribution in [0.5, 0.6) is 11.5 Å². The summed E-state index contributed by atoms with van der Waals surface area (Å²) in [6.45, 7) is 0. The van der Waals surface area contributed by atoms with Crippen LogP contribution in [0.25, 0.3) is 11.3 Å². The van der Waals surface area contributed by atoms with Gasteiger partial charge in [-0.2, -0.15) is 9.78 Å². The average molecular weight is 315 g/mol. The maximum atomic E-state index is 14.1. The molecule has 0 aliphatic carbocycles. The second kappa shape index (κ2) is 5.88. The summed E-state index contributed by atoms with van der Waals surface area (Å²) in [4.78, 5) is 11.0. The minimum absolute atomic E-state index is 0.00491. The highest BCUT2D eigenvalue weighted by Gasteiger charge is 2.10. The summed E-state index contributed by atoms with van der Waals surface area (Å²) in [5.74, 6) is -0.704. The Hall–Kier alpha value is -3.22. The third kappa shape index (κ3) is 3.18. The van der Waals surface area contributed by atoms with Crippen molar-refractivity contribution in [2.24, 2.45) is 5.73 Å². The standard InChI is InChI=1S/C16H11F2N3O2/c17-11-2-4-12(5-3-11)23-15-6-1-10(9-13(15)18)14-7-8-21(20-14)16(19)22/h1-9H,(H2,19,22). The van der Waals surface area contributed by atoms with E-state index in [-0.39, 0.29) is 5.75 Å². The molecule has 0 spiro atoms. The molecule has 2 aromatic carbocycles. The highest BCUT2D eigenvalue weighted by Crippen LogP contribution is 2.28. The Labute approximate surface area is 129 Å². The molecule has 3 aromatic rings. The SMILES string of the molecule is NC(=O)n1ccc(-c2ccc(Oc3ccc(F)cc3)c(F)c2)n1. The van der Waals surface area contributed by atoms with Gasteiger partial charge in [-0.15, -0.1) is 0 Å². The predicted octanol–water partition coefficient (Wildman–Crippen LogP) is 3.55. The van der Waals surface area contributed by atoms with Gasteiger partial charge in [-0.1, -0.05) is 0 Å². The molecule has 0 aliphatic rings. The molecule has 2 N–H and O–H groups in total. The number of aromatic nitrogens is 2. The molecule has 0 fully saturated rings. The first kappa shape index (κ1) is 14.7. The summed E-state index contributed by atoms with van der Waals surface area (Å²) in [6.07, 6.45) is 1.39. The van der Waals surface area contributed by atoms with Gasteiger partial charge in [-0.3, -0.25) is 0 Å². The topological polar surface area (TPSA) is 70.1 Å². The van der Waals surface area contributed by atoms with E-state index in [0.29, 0.717) is 17.0 Å². The number of nitrogens with zero attached hydrogens (tertiary/aromatic N) is 2. The summed E-state index contributed by atoms with van der Waals surface area (Å²) in [7, 11) is 0. The quantitative estimate of drug-likeness (QED) is 0.803. The molecule has 1 heterocycles. The lowest BCUT2D eigenvalue weighted by atomic mass is 10.1. The van der Waals surface area contributed by atoms with E-state index in [2.05, 4.69) is 5.10 Å². The van der Waals surface area contributed by atoms with Gasteiger partial charge >= 0.3 is 6.03 Å². The second-order valence-corrected chi connectivity index (χ2v) is 4.68. The molecule has 7 heteroatoms. The number of amides is 1. The summed E-state index contributed by atoms with van der Waals surface area (Å²) in [6, 6.07) is 10.3. The van der Waals surface area contributed by atoms with Crippen molar-refractivity contribution in [1.29, 1.82) is 0 Å². The number of hydrogen-bond acceptors (Lipinski definition) is 3. The number of benzene rings is 2. The number of nitrogens with two attached hydrogens (primary N) is 1. The number of hydrogen-bond donors (Lipinski definition) is 1. The molecular formula is C16H11F2N3O2. The van der Waals surface area contributed by atoms with Crippen LogP contribution in [0.3, 0.4) is 0 Å². The Morgan fingerprint density at radius 3 is 2.43 bits per heavy atom.